The predicted octanol–water partition coefficient (Wildman–Crippen LogP) is 1.53. The van der Waals surface area contributed by atoms with Crippen molar-refractivity contribution in [2.75, 3.05) is 39.6 Å². The zero-order valence-corrected chi connectivity index (χ0v) is 15.7. The molecule has 0 unspecified atom stereocenters. The molecule has 1 aromatic carbocycles. The molecule has 6 nitrogen and oxygen atoms in total. The van der Waals surface area contributed by atoms with Crippen LogP contribution in [0.4, 0.5) is 5.69 Å². The number of nitrogens with one attached hydrogen (secondary N) is 2. The number of carbonyl (C=O) groups is 2. The second-order valence-corrected chi connectivity index (χ2v) is 7.13. The lowest BCUT2D eigenvalue weighted by Crippen LogP contribution is -2.45. The fourth-order valence-corrected chi connectivity index (χ4v) is 3.18. The van der Waals surface area contributed by atoms with E-state index in [4.69, 9.17) is 0 Å². The first-order chi connectivity index (χ1) is 11.9. The van der Waals surface area contributed by atoms with E-state index in [0.29, 0.717) is 6.54 Å². The first-order valence-corrected chi connectivity index (χ1v) is 8.91. The Balaban J connectivity index is 1.92. The van der Waals surface area contributed by atoms with Gasteiger partial charge in [-0.2, -0.15) is 0 Å². The standard InChI is InChI=1S/C19H30N4O2/c1-22(2)16-11-9-14(10-12-16)17(23(3)4)13-20-18(24)19(25)21-15-7-5-6-8-15/h9-12,15,17H,5-8,13H2,1-4H3,(H,20,24)(H,21,25)/t17-/m1/s1. The summed E-state index contributed by atoms with van der Waals surface area (Å²) in [6, 6.07) is 8.40. The molecule has 0 spiro atoms. The topological polar surface area (TPSA) is 64.7 Å². The van der Waals surface area contributed by atoms with Crippen molar-refractivity contribution in [2.24, 2.45) is 0 Å². The van der Waals surface area contributed by atoms with E-state index in [1.807, 2.05) is 38.0 Å². The number of amides is 2. The van der Waals surface area contributed by atoms with Crippen molar-refractivity contribution in [3.05, 3.63) is 29.8 Å². The third-order valence-electron chi connectivity index (χ3n) is 4.77. The first kappa shape index (κ1) is 19.2. The molecule has 1 aromatic rings. The van der Waals surface area contributed by atoms with Crippen molar-refractivity contribution in [1.29, 1.82) is 0 Å². The van der Waals surface area contributed by atoms with Gasteiger partial charge in [0.25, 0.3) is 0 Å². The number of nitrogens with zero attached hydrogens (tertiary/aromatic N) is 2. The molecule has 0 heterocycles. The van der Waals surface area contributed by atoms with Gasteiger partial charge in [0.1, 0.15) is 0 Å². The normalized spacial score (nSPS) is 15.9. The van der Waals surface area contributed by atoms with Crippen LogP contribution in [0.25, 0.3) is 0 Å². The average molecular weight is 346 g/mol. The summed E-state index contributed by atoms with van der Waals surface area (Å²) in [5, 5.41) is 5.59. The molecule has 138 valence electrons. The minimum absolute atomic E-state index is 0.0134. The van der Waals surface area contributed by atoms with E-state index in [1.54, 1.807) is 0 Å². The molecule has 0 aliphatic heterocycles. The van der Waals surface area contributed by atoms with Gasteiger partial charge in [0.05, 0.1) is 6.04 Å². The molecule has 0 radical (unpaired) electrons. The van der Waals surface area contributed by atoms with E-state index in [9.17, 15) is 9.59 Å². The maximum atomic E-state index is 12.1. The van der Waals surface area contributed by atoms with E-state index in [2.05, 4.69) is 34.9 Å². The number of likely N-dealkylation sites (N-methyl/N-ethyl adjacent to an activating group) is 1. The summed E-state index contributed by atoms with van der Waals surface area (Å²) in [5.74, 6) is -1.07. The van der Waals surface area contributed by atoms with Crippen LogP contribution in [0.3, 0.4) is 0 Å². The van der Waals surface area contributed by atoms with Crippen LogP contribution >= 0.6 is 0 Å². The van der Waals surface area contributed by atoms with Crippen LogP contribution in [0.2, 0.25) is 0 Å². The Kier molecular flexibility index (Phi) is 6.82. The molecule has 2 amide bonds. The van der Waals surface area contributed by atoms with E-state index < -0.39 is 11.8 Å². The fraction of sp³-hybridized carbons (Fsp3) is 0.579. The molecular weight excluding hydrogens is 316 g/mol. The molecule has 6 heteroatoms. The Hall–Kier alpha value is -2.08. The highest BCUT2D eigenvalue weighted by atomic mass is 16.2. The molecule has 2 rings (SSSR count). The lowest BCUT2D eigenvalue weighted by Gasteiger charge is -2.25. The lowest BCUT2D eigenvalue weighted by molar-refractivity contribution is -0.139. The molecular formula is C19H30N4O2. The number of rotatable bonds is 6. The molecule has 1 aliphatic carbocycles. The molecule has 0 aromatic heterocycles. The summed E-state index contributed by atoms with van der Waals surface area (Å²) in [6.45, 7) is 0.394. The van der Waals surface area contributed by atoms with Gasteiger partial charge in [-0.25, -0.2) is 0 Å². The van der Waals surface area contributed by atoms with Crippen LogP contribution in [-0.2, 0) is 9.59 Å². The molecule has 0 saturated heterocycles. The Bertz CT molecular complexity index is 578. The second-order valence-electron chi connectivity index (χ2n) is 7.13. The highest BCUT2D eigenvalue weighted by molar-refractivity contribution is 6.35. The van der Waals surface area contributed by atoms with Gasteiger partial charge in [0, 0.05) is 32.4 Å². The largest absolute Gasteiger partial charge is 0.378 e. The maximum Gasteiger partial charge on any atom is 0.309 e. The summed E-state index contributed by atoms with van der Waals surface area (Å²) in [7, 11) is 7.94. The summed E-state index contributed by atoms with van der Waals surface area (Å²) >= 11 is 0. The van der Waals surface area contributed by atoms with Crippen LogP contribution in [0.5, 0.6) is 0 Å². The van der Waals surface area contributed by atoms with Crippen LogP contribution in [0, 0.1) is 0 Å². The highest BCUT2D eigenvalue weighted by Crippen LogP contribution is 2.21. The monoisotopic (exact) mass is 346 g/mol. The Morgan fingerprint density at radius 1 is 1.04 bits per heavy atom. The van der Waals surface area contributed by atoms with E-state index in [-0.39, 0.29) is 12.1 Å². The van der Waals surface area contributed by atoms with Crippen LogP contribution in [0.15, 0.2) is 24.3 Å². The minimum atomic E-state index is -0.552. The number of benzene rings is 1. The molecule has 25 heavy (non-hydrogen) atoms. The maximum absolute atomic E-state index is 12.1. The number of hydrogen-bond acceptors (Lipinski definition) is 4. The van der Waals surface area contributed by atoms with Crippen molar-refractivity contribution in [3.8, 4) is 0 Å². The number of anilines is 1. The van der Waals surface area contributed by atoms with Crippen molar-refractivity contribution in [2.45, 2.75) is 37.8 Å². The van der Waals surface area contributed by atoms with Gasteiger partial charge in [-0.3, -0.25) is 9.59 Å². The zero-order valence-electron chi connectivity index (χ0n) is 15.7. The summed E-state index contributed by atoms with van der Waals surface area (Å²) in [5.41, 5.74) is 2.23. The smallest absolute Gasteiger partial charge is 0.309 e. The summed E-state index contributed by atoms with van der Waals surface area (Å²) < 4.78 is 0. The Labute approximate surface area is 150 Å². The quantitative estimate of drug-likeness (QED) is 0.767. The fourth-order valence-electron chi connectivity index (χ4n) is 3.18. The molecule has 1 atom stereocenters. The third kappa shape index (κ3) is 5.46. The molecule has 1 saturated carbocycles. The number of hydrogen-bond donors (Lipinski definition) is 2. The van der Waals surface area contributed by atoms with Gasteiger partial charge in [-0.15, -0.1) is 0 Å². The zero-order chi connectivity index (χ0) is 18.4. The average Bonchev–Trinajstić information content (AvgIpc) is 3.07. The molecule has 1 aliphatic rings. The lowest BCUT2D eigenvalue weighted by atomic mass is 10.1. The van der Waals surface area contributed by atoms with Gasteiger partial charge in [-0.1, -0.05) is 25.0 Å². The predicted molar refractivity (Wildman–Crippen MR) is 101 cm³/mol. The first-order valence-electron chi connectivity index (χ1n) is 8.91. The molecule has 1 fully saturated rings. The van der Waals surface area contributed by atoms with Gasteiger partial charge in [-0.05, 0) is 44.6 Å². The molecule has 2 N–H and O–H groups in total. The highest BCUT2D eigenvalue weighted by Gasteiger charge is 2.22. The van der Waals surface area contributed by atoms with Gasteiger partial charge < -0.3 is 20.4 Å². The Morgan fingerprint density at radius 2 is 1.64 bits per heavy atom. The molecule has 0 bridgehead atoms. The van der Waals surface area contributed by atoms with E-state index in [1.165, 1.54) is 0 Å². The Morgan fingerprint density at radius 3 is 2.16 bits per heavy atom. The van der Waals surface area contributed by atoms with Gasteiger partial charge >= 0.3 is 11.8 Å². The van der Waals surface area contributed by atoms with Gasteiger partial charge in [0.2, 0.25) is 0 Å². The van der Waals surface area contributed by atoms with E-state index in [0.717, 1.165) is 36.9 Å². The summed E-state index contributed by atoms with van der Waals surface area (Å²) in [4.78, 5) is 28.2. The van der Waals surface area contributed by atoms with Gasteiger partial charge in [0.15, 0.2) is 0 Å². The van der Waals surface area contributed by atoms with E-state index >= 15 is 0 Å². The van der Waals surface area contributed by atoms with Crippen LogP contribution < -0.4 is 15.5 Å². The van der Waals surface area contributed by atoms with Crippen LogP contribution in [-0.4, -0.2) is 57.5 Å². The van der Waals surface area contributed by atoms with Crippen molar-refractivity contribution in [3.63, 3.8) is 0 Å². The number of carbonyl (C=O) groups excluding carboxylic acids is 2. The third-order valence-corrected chi connectivity index (χ3v) is 4.77. The van der Waals surface area contributed by atoms with Crippen molar-refractivity contribution in [1.82, 2.24) is 15.5 Å². The van der Waals surface area contributed by atoms with Crippen molar-refractivity contribution >= 4 is 17.5 Å². The second kappa shape index (κ2) is 8.85. The van der Waals surface area contributed by atoms with Crippen molar-refractivity contribution < 1.29 is 9.59 Å². The van der Waals surface area contributed by atoms with Crippen LogP contribution in [0.1, 0.15) is 37.3 Å². The summed E-state index contributed by atoms with van der Waals surface area (Å²) in [6.07, 6.45) is 4.19. The SMILES string of the molecule is CN(C)c1ccc([C@@H](CNC(=O)C(=O)NC2CCCC2)N(C)C)cc1. The minimum Gasteiger partial charge on any atom is -0.378 e.